The molecule has 1 atom stereocenters. The predicted octanol–water partition coefficient (Wildman–Crippen LogP) is 0.901. The van der Waals surface area contributed by atoms with E-state index in [-0.39, 0.29) is 5.60 Å². The van der Waals surface area contributed by atoms with Gasteiger partial charge in [0.1, 0.15) is 0 Å². The standard InChI is InChI=1S/C9H17NO/c11-9(6-8-2-3-8)4-1-5-10-7-9/h8,10-11H,1-7H2/t9-/m1/s1. The molecule has 0 bridgehead atoms. The fourth-order valence-electron chi connectivity index (χ4n) is 1.99. The zero-order valence-electron chi connectivity index (χ0n) is 6.97. The number of β-amino-alcohol motifs (C(OH)–C–C–N with tert-alkyl or cyclic N) is 1. The highest BCUT2D eigenvalue weighted by Crippen LogP contribution is 2.38. The van der Waals surface area contributed by atoms with E-state index in [1.165, 1.54) is 12.8 Å². The van der Waals surface area contributed by atoms with Gasteiger partial charge in [0.25, 0.3) is 0 Å². The number of hydrogen-bond acceptors (Lipinski definition) is 2. The first kappa shape index (κ1) is 7.56. The summed E-state index contributed by atoms with van der Waals surface area (Å²) in [4.78, 5) is 0. The van der Waals surface area contributed by atoms with Gasteiger partial charge in [-0.15, -0.1) is 0 Å². The van der Waals surface area contributed by atoms with Gasteiger partial charge >= 0.3 is 0 Å². The smallest absolute Gasteiger partial charge is 0.0774 e. The highest BCUT2D eigenvalue weighted by atomic mass is 16.3. The van der Waals surface area contributed by atoms with Crippen molar-refractivity contribution in [2.24, 2.45) is 5.92 Å². The number of piperidine rings is 1. The minimum atomic E-state index is -0.348. The van der Waals surface area contributed by atoms with Crippen molar-refractivity contribution in [3.8, 4) is 0 Å². The van der Waals surface area contributed by atoms with Gasteiger partial charge in [0.15, 0.2) is 0 Å². The van der Waals surface area contributed by atoms with Crippen LogP contribution in [-0.2, 0) is 0 Å². The molecule has 1 aliphatic carbocycles. The molecule has 1 heterocycles. The van der Waals surface area contributed by atoms with Gasteiger partial charge in [-0.05, 0) is 31.7 Å². The Hall–Kier alpha value is -0.0800. The van der Waals surface area contributed by atoms with Crippen LogP contribution in [0.2, 0.25) is 0 Å². The Balaban J connectivity index is 1.84. The minimum Gasteiger partial charge on any atom is -0.389 e. The van der Waals surface area contributed by atoms with Gasteiger partial charge in [-0.2, -0.15) is 0 Å². The average Bonchev–Trinajstić information content (AvgIpc) is 2.72. The Morgan fingerprint density at radius 3 is 2.82 bits per heavy atom. The molecule has 0 aromatic heterocycles. The fraction of sp³-hybridized carbons (Fsp3) is 1.00. The molecule has 2 aliphatic rings. The van der Waals surface area contributed by atoms with E-state index >= 15 is 0 Å². The van der Waals surface area contributed by atoms with Gasteiger partial charge in [0.05, 0.1) is 5.60 Å². The molecule has 0 aromatic carbocycles. The maximum absolute atomic E-state index is 10.0. The summed E-state index contributed by atoms with van der Waals surface area (Å²) in [5.41, 5.74) is -0.348. The van der Waals surface area contributed by atoms with E-state index < -0.39 is 0 Å². The van der Waals surface area contributed by atoms with Crippen LogP contribution in [-0.4, -0.2) is 23.8 Å². The van der Waals surface area contributed by atoms with Crippen LogP contribution >= 0.6 is 0 Å². The normalized spacial score (nSPS) is 39.0. The van der Waals surface area contributed by atoms with Crippen molar-refractivity contribution in [2.45, 2.75) is 37.7 Å². The van der Waals surface area contributed by atoms with Crippen LogP contribution in [0.1, 0.15) is 32.1 Å². The predicted molar refractivity (Wildman–Crippen MR) is 44.4 cm³/mol. The van der Waals surface area contributed by atoms with Crippen molar-refractivity contribution < 1.29 is 5.11 Å². The monoisotopic (exact) mass is 155 g/mol. The van der Waals surface area contributed by atoms with E-state index in [1.54, 1.807) is 0 Å². The third kappa shape index (κ3) is 1.94. The SMILES string of the molecule is O[C@@]1(CC2CC2)CCCNC1. The Labute approximate surface area is 68.0 Å². The fourth-order valence-corrected chi connectivity index (χ4v) is 1.99. The largest absolute Gasteiger partial charge is 0.389 e. The molecule has 0 spiro atoms. The van der Waals surface area contributed by atoms with Crippen LogP contribution in [0.3, 0.4) is 0 Å². The molecule has 2 rings (SSSR count). The third-order valence-corrected chi connectivity index (χ3v) is 2.82. The zero-order chi connectivity index (χ0) is 7.73. The Kier molecular flexibility index (Phi) is 1.90. The second kappa shape index (κ2) is 2.76. The summed E-state index contributed by atoms with van der Waals surface area (Å²) < 4.78 is 0. The van der Waals surface area contributed by atoms with E-state index in [0.717, 1.165) is 38.3 Å². The van der Waals surface area contributed by atoms with E-state index in [0.29, 0.717) is 0 Å². The Bertz CT molecular complexity index is 136. The number of hydrogen-bond donors (Lipinski definition) is 2. The highest BCUT2D eigenvalue weighted by Gasteiger charge is 2.35. The van der Waals surface area contributed by atoms with Crippen molar-refractivity contribution in [3.05, 3.63) is 0 Å². The lowest BCUT2D eigenvalue weighted by molar-refractivity contribution is 0.00365. The average molecular weight is 155 g/mol. The summed E-state index contributed by atoms with van der Waals surface area (Å²) >= 11 is 0. The first-order chi connectivity index (χ1) is 5.29. The topological polar surface area (TPSA) is 32.3 Å². The van der Waals surface area contributed by atoms with Crippen molar-refractivity contribution in [2.75, 3.05) is 13.1 Å². The molecule has 0 amide bonds. The molecule has 2 nitrogen and oxygen atoms in total. The minimum absolute atomic E-state index is 0.348. The van der Waals surface area contributed by atoms with Gasteiger partial charge in [-0.1, -0.05) is 12.8 Å². The molecule has 1 saturated carbocycles. The van der Waals surface area contributed by atoms with Crippen molar-refractivity contribution >= 4 is 0 Å². The molecule has 0 unspecified atom stereocenters. The zero-order valence-corrected chi connectivity index (χ0v) is 6.97. The molecule has 64 valence electrons. The Morgan fingerprint density at radius 1 is 1.45 bits per heavy atom. The van der Waals surface area contributed by atoms with E-state index in [1.807, 2.05) is 0 Å². The summed E-state index contributed by atoms with van der Waals surface area (Å²) in [6, 6.07) is 0. The van der Waals surface area contributed by atoms with Crippen molar-refractivity contribution in [1.82, 2.24) is 5.32 Å². The molecule has 2 fully saturated rings. The van der Waals surface area contributed by atoms with Gasteiger partial charge in [-0.25, -0.2) is 0 Å². The summed E-state index contributed by atoms with van der Waals surface area (Å²) in [7, 11) is 0. The lowest BCUT2D eigenvalue weighted by Crippen LogP contribution is -2.45. The van der Waals surface area contributed by atoms with Crippen molar-refractivity contribution in [1.29, 1.82) is 0 Å². The van der Waals surface area contributed by atoms with Crippen molar-refractivity contribution in [3.63, 3.8) is 0 Å². The molecule has 0 radical (unpaired) electrons. The molecule has 2 N–H and O–H groups in total. The van der Waals surface area contributed by atoms with Gasteiger partial charge in [0, 0.05) is 6.54 Å². The van der Waals surface area contributed by atoms with Crippen LogP contribution in [0.15, 0.2) is 0 Å². The maximum Gasteiger partial charge on any atom is 0.0774 e. The summed E-state index contributed by atoms with van der Waals surface area (Å²) in [5, 5.41) is 13.3. The van der Waals surface area contributed by atoms with Gasteiger partial charge in [0.2, 0.25) is 0 Å². The molecule has 2 heteroatoms. The third-order valence-electron chi connectivity index (χ3n) is 2.82. The maximum atomic E-state index is 10.0. The van der Waals surface area contributed by atoms with Crippen LogP contribution in [0.25, 0.3) is 0 Å². The van der Waals surface area contributed by atoms with Crippen LogP contribution in [0, 0.1) is 5.92 Å². The highest BCUT2D eigenvalue weighted by molar-refractivity contribution is 4.90. The van der Waals surface area contributed by atoms with E-state index in [9.17, 15) is 5.11 Å². The second-order valence-corrected chi connectivity index (χ2v) is 4.15. The summed E-state index contributed by atoms with van der Waals surface area (Å²) in [6.45, 7) is 1.91. The quantitative estimate of drug-likeness (QED) is 0.621. The number of nitrogens with one attached hydrogen (secondary N) is 1. The molecular weight excluding hydrogens is 138 g/mol. The van der Waals surface area contributed by atoms with Gasteiger partial charge < -0.3 is 10.4 Å². The molecule has 0 aromatic rings. The summed E-state index contributed by atoms with van der Waals surface area (Å²) in [5.74, 6) is 0.847. The van der Waals surface area contributed by atoms with Crippen LogP contribution in [0.5, 0.6) is 0 Å². The lowest BCUT2D eigenvalue weighted by atomic mass is 9.89. The first-order valence-corrected chi connectivity index (χ1v) is 4.72. The number of aliphatic hydroxyl groups is 1. The van der Waals surface area contributed by atoms with Crippen LogP contribution < -0.4 is 5.32 Å². The first-order valence-electron chi connectivity index (χ1n) is 4.72. The second-order valence-electron chi connectivity index (χ2n) is 4.15. The van der Waals surface area contributed by atoms with Crippen LogP contribution in [0.4, 0.5) is 0 Å². The number of rotatable bonds is 2. The lowest BCUT2D eigenvalue weighted by Gasteiger charge is -2.32. The van der Waals surface area contributed by atoms with E-state index in [4.69, 9.17) is 0 Å². The molecule has 1 saturated heterocycles. The Morgan fingerprint density at radius 2 is 2.27 bits per heavy atom. The molecule has 1 aliphatic heterocycles. The molecular formula is C9H17NO. The van der Waals surface area contributed by atoms with Gasteiger partial charge in [-0.3, -0.25) is 0 Å². The van der Waals surface area contributed by atoms with E-state index in [2.05, 4.69) is 5.32 Å². The molecule has 11 heavy (non-hydrogen) atoms. The summed E-state index contributed by atoms with van der Waals surface area (Å²) in [6.07, 6.45) is 5.89.